The third kappa shape index (κ3) is 5.61. The lowest BCUT2D eigenvalue weighted by molar-refractivity contribution is 0.935. The van der Waals surface area contributed by atoms with Gasteiger partial charge in [-0.15, -0.1) is 0 Å². The molecular formula is C42H42N2. The summed E-state index contributed by atoms with van der Waals surface area (Å²) in [4.78, 5) is 2.34. The van der Waals surface area contributed by atoms with Crippen LogP contribution in [0.15, 0.2) is 121 Å². The summed E-state index contributed by atoms with van der Waals surface area (Å²) in [5.74, 6) is 0. The summed E-state index contributed by atoms with van der Waals surface area (Å²) in [6.07, 6.45) is 17.9. The third-order valence-electron chi connectivity index (χ3n) is 8.65. The van der Waals surface area contributed by atoms with E-state index in [4.69, 9.17) is 0 Å². The minimum atomic E-state index is 1.03. The van der Waals surface area contributed by atoms with Crippen LogP contribution in [0.4, 0.5) is 17.1 Å². The molecule has 4 aromatic carbocycles. The molecule has 0 unspecified atom stereocenters. The highest BCUT2D eigenvalue weighted by Crippen LogP contribution is 2.39. The summed E-state index contributed by atoms with van der Waals surface area (Å²) in [6.45, 7) is 8.24. The predicted octanol–water partition coefficient (Wildman–Crippen LogP) is 12.2. The van der Waals surface area contributed by atoms with E-state index < -0.39 is 0 Å². The number of rotatable bonds is 6. The highest BCUT2D eigenvalue weighted by atomic mass is 15.1. The second-order valence-electron chi connectivity index (χ2n) is 11.3. The molecule has 220 valence electrons. The Bertz CT molecular complexity index is 1880. The van der Waals surface area contributed by atoms with E-state index in [-0.39, 0.29) is 0 Å². The van der Waals surface area contributed by atoms with Crippen LogP contribution in [0.5, 0.6) is 0 Å². The highest BCUT2D eigenvalue weighted by molar-refractivity contribution is 5.92. The largest absolute Gasteiger partial charge is 0.313 e. The molecule has 0 atom stereocenters. The lowest BCUT2D eigenvalue weighted by Crippen LogP contribution is -2.10. The molecule has 44 heavy (non-hydrogen) atoms. The average Bonchev–Trinajstić information content (AvgIpc) is 3.43. The van der Waals surface area contributed by atoms with Crippen LogP contribution in [-0.4, -0.2) is 4.57 Å². The molecule has 0 N–H and O–H groups in total. The first-order valence-electron chi connectivity index (χ1n) is 16.1. The first-order chi connectivity index (χ1) is 21.7. The minimum Gasteiger partial charge on any atom is -0.313 e. The van der Waals surface area contributed by atoms with Crippen LogP contribution in [0.2, 0.25) is 0 Å². The molecule has 0 saturated carbocycles. The van der Waals surface area contributed by atoms with Gasteiger partial charge >= 0.3 is 0 Å². The summed E-state index contributed by atoms with van der Waals surface area (Å²) in [5.41, 5.74) is 14.2. The minimum absolute atomic E-state index is 1.03. The van der Waals surface area contributed by atoms with E-state index in [2.05, 4.69) is 157 Å². The first-order valence-corrected chi connectivity index (χ1v) is 16.1. The molecule has 0 fully saturated rings. The van der Waals surface area contributed by atoms with Crippen LogP contribution < -0.4 is 4.90 Å². The number of aryl methyl sites for hydroxylation is 2. The fraction of sp³-hybridized carbons (Fsp3) is 0.190. The van der Waals surface area contributed by atoms with Crippen molar-refractivity contribution in [2.24, 2.45) is 0 Å². The van der Waals surface area contributed by atoms with Crippen LogP contribution in [0.3, 0.4) is 0 Å². The molecule has 7 rings (SSSR count). The van der Waals surface area contributed by atoms with Crippen LogP contribution in [0.25, 0.3) is 34.3 Å². The first kappa shape index (κ1) is 29.3. The molecule has 0 aliphatic heterocycles. The molecule has 0 radical (unpaired) electrons. The van der Waals surface area contributed by atoms with E-state index in [1.54, 1.807) is 0 Å². The van der Waals surface area contributed by atoms with Gasteiger partial charge in [-0.1, -0.05) is 92.7 Å². The van der Waals surface area contributed by atoms with Gasteiger partial charge in [0.15, 0.2) is 0 Å². The van der Waals surface area contributed by atoms with E-state index in [1.807, 2.05) is 13.8 Å². The van der Waals surface area contributed by atoms with Gasteiger partial charge in [-0.2, -0.15) is 0 Å². The molecule has 1 heterocycles. The van der Waals surface area contributed by atoms with E-state index >= 15 is 0 Å². The van der Waals surface area contributed by atoms with Crippen molar-refractivity contribution in [3.05, 3.63) is 149 Å². The van der Waals surface area contributed by atoms with Crippen LogP contribution in [0.1, 0.15) is 68.0 Å². The number of hydrogen-bond acceptors (Lipinski definition) is 1. The topological polar surface area (TPSA) is 8.17 Å². The van der Waals surface area contributed by atoms with Gasteiger partial charge in [0, 0.05) is 33.8 Å². The normalized spacial score (nSPS) is 14.1. The van der Waals surface area contributed by atoms with E-state index in [9.17, 15) is 0 Å². The molecule has 5 aromatic rings. The van der Waals surface area contributed by atoms with Crippen molar-refractivity contribution < 1.29 is 0 Å². The Hall–Kier alpha value is -4.82. The Morgan fingerprint density at radius 3 is 2.20 bits per heavy atom. The Labute approximate surface area is 263 Å². The number of allylic oxidation sites excluding steroid dienone is 6. The highest BCUT2D eigenvalue weighted by Gasteiger charge is 2.21. The standard InChI is InChI=1S/C40H36N2.C2H6/c1-3-11-32-28-36(23-18-29(32)2)41(33-12-5-4-6-13-33)34-24-19-30(20-25-34)31-21-26-35(27-22-31)42-39-16-9-7-14-37(39)38-15-8-10-17-40(38)42;1-2/h3-7,9-14,16-21,23-26,28H,8,15,22,27H2,1-2H3;1-2H3/b11-3-;. The number of para-hydroxylation sites is 2. The maximum Gasteiger partial charge on any atom is 0.0534 e. The van der Waals surface area contributed by atoms with Gasteiger partial charge in [-0.3, -0.25) is 0 Å². The average molecular weight is 575 g/mol. The van der Waals surface area contributed by atoms with Gasteiger partial charge in [0.1, 0.15) is 0 Å². The Morgan fingerprint density at radius 2 is 1.45 bits per heavy atom. The molecule has 0 saturated heterocycles. The van der Waals surface area contributed by atoms with E-state index in [0.29, 0.717) is 0 Å². The summed E-state index contributed by atoms with van der Waals surface area (Å²) in [7, 11) is 0. The second kappa shape index (κ2) is 13.2. The Kier molecular flexibility index (Phi) is 8.79. The summed E-state index contributed by atoms with van der Waals surface area (Å²) >= 11 is 0. The number of aromatic nitrogens is 1. The molecule has 0 bridgehead atoms. The van der Waals surface area contributed by atoms with E-state index in [0.717, 1.165) is 42.7 Å². The zero-order valence-electron chi connectivity index (χ0n) is 26.4. The van der Waals surface area contributed by atoms with Crippen molar-refractivity contribution in [1.29, 1.82) is 0 Å². The molecule has 2 nitrogen and oxygen atoms in total. The Morgan fingerprint density at radius 1 is 0.727 bits per heavy atom. The van der Waals surface area contributed by atoms with Gasteiger partial charge in [-0.25, -0.2) is 0 Å². The van der Waals surface area contributed by atoms with Crippen molar-refractivity contribution in [2.45, 2.75) is 53.4 Å². The molecule has 1 aromatic heterocycles. The molecule has 2 aliphatic carbocycles. The zero-order chi connectivity index (χ0) is 30.5. The lowest BCUT2D eigenvalue weighted by atomic mass is 9.95. The fourth-order valence-corrected chi connectivity index (χ4v) is 6.52. The number of fused-ring (bicyclic) bond motifs is 3. The smallest absolute Gasteiger partial charge is 0.0534 e. The monoisotopic (exact) mass is 574 g/mol. The Balaban J connectivity index is 0.00000168. The third-order valence-corrected chi connectivity index (χ3v) is 8.65. The summed E-state index contributed by atoms with van der Waals surface area (Å²) in [5, 5.41) is 1.40. The maximum atomic E-state index is 2.50. The quantitative estimate of drug-likeness (QED) is 0.196. The number of nitrogens with zero attached hydrogens (tertiary/aromatic N) is 2. The molecule has 2 heteroatoms. The van der Waals surface area contributed by atoms with Gasteiger partial charge in [0.05, 0.1) is 5.52 Å². The second-order valence-corrected chi connectivity index (χ2v) is 11.3. The van der Waals surface area contributed by atoms with Crippen LogP contribution in [-0.2, 0) is 6.42 Å². The van der Waals surface area contributed by atoms with Crippen LogP contribution in [0, 0.1) is 6.92 Å². The molecule has 2 aliphatic rings. The van der Waals surface area contributed by atoms with Gasteiger partial charge in [0.25, 0.3) is 0 Å². The lowest BCUT2D eigenvalue weighted by Gasteiger charge is -2.26. The van der Waals surface area contributed by atoms with Gasteiger partial charge in [0.2, 0.25) is 0 Å². The molecular weight excluding hydrogens is 532 g/mol. The van der Waals surface area contributed by atoms with Crippen LogP contribution >= 0.6 is 0 Å². The van der Waals surface area contributed by atoms with E-state index in [1.165, 1.54) is 50.1 Å². The van der Waals surface area contributed by atoms with Crippen molar-refractivity contribution in [3.8, 4) is 0 Å². The van der Waals surface area contributed by atoms with Gasteiger partial charge < -0.3 is 9.47 Å². The van der Waals surface area contributed by atoms with Gasteiger partial charge in [-0.05, 0) is 122 Å². The molecule has 0 spiro atoms. The number of hydrogen-bond donors (Lipinski definition) is 0. The molecule has 0 amide bonds. The predicted molar refractivity (Wildman–Crippen MR) is 193 cm³/mol. The van der Waals surface area contributed by atoms with Crippen molar-refractivity contribution in [1.82, 2.24) is 4.57 Å². The SMILES string of the molecule is C/C=C\c1cc(N(c2ccccc2)c2ccc(C3=CC=C(n4c5c(c6ccccc64)CCC=C5)CC3)cc2)ccc1C.CC. The summed E-state index contributed by atoms with van der Waals surface area (Å²) < 4.78 is 2.50. The maximum absolute atomic E-state index is 2.50. The number of benzene rings is 4. The zero-order valence-corrected chi connectivity index (χ0v) is 26.4. The summed E-state index contributed by atoms with van der Waals surface area (Å²) in [6, 6.07) is 35.3. The van der Waals surface area contributed by atoms with Crippen molar-refractivity contribution in [3.63, 3.8) is 0 Å². The fourth-order valence-electron chi connectivity index (χ4n) is 6.52. The van der Waals surface area contributed by atoms with Crippen molar-refractivity contribution in [2.75, 3.05) is 4.90 Å². The number of anilines is 3. The van der Waals surface area contributed by atoms with Crippen molar-refractivity contribution >= 4 is 51.4 Å².